The van der Waals surface area contributed by atoms with Crippen molar-refractivity contribution in [3.63, 3.8) is 0 Å². The minimum Gasteiger partial charge on any atom is -0.496 e. The zero-order valence-corrected chi connectivity index (χ0v) is 15.6. The first kappa shape index (κ1) is 19.2. The number of rotatable bonds is 6. The lowest BCUT2D eigenvalue weighted by Crippen LogP contribution is -2.27. The Hall–Kier alpha value is -3.61. The maximum absolute atomic E-state index is 12.6. The van der Waals surface area contributed by atoms with E-state index in [1.807, 2.05) is 0 Å². The highest BCUT2D eigenvalue weighted by atomic mass is 16.5. The fourth-order valence-corrected chi connectivity index (χ4v) is 2.85. The highest BCUT2D eigenvalue weighted by molar-refractivity contribution is 5.93. The summed E-state index contributed by atoms with van der Waals surface area (Å²) in [5.41, 5.74) is 0.650. The molecule has 1 amide bonds. The minimum absolute atomic E-state index is 0.133. The summed E-state index contributed by atoms with van der Waals surface area (Å²) >= 11 is 0. The van der Waals surface area contributed by atoms with Crippen molar-refractivity contribution in [3.8, 4) is 5.75 Å². The summed E-state index contributed by atoms with van der Waals surface area (Å²) in [4.78, 5) is 36.6. The summed E-state index contributed by atoms with van der Waals surface area (Å²) in [5.74, 6) is -0.167. The molecule has 7 nitrogen and oxygen atoms in total. The van der Waals surface area contributed by atoms with E-state index >= 15 is 0 Å². The predicted molar refractivity (Wildman–Crippen MR) is 106 cm³/mol. The van der Waals surface area contributed by atoms with Crippen LogP contribution in [0.25, 0.3) is 10.8 Å². The molecule has 0 atom stereocenters. The third-order valence-corrected chi connectivity index (χ3v) is 4.19. The van der Waals surface area contributed by atoms with Gasteiger partial charge in [0.05, 0.1) is 24.7 Å². The van der Waals surface area contributed by atoms with Crippen LogP contribution in [-0.4, -0.2) is 30.2 Å². The molecule has 144 valence electrons. The molecule has 1 N–H and O–H groups in total. The van der Waals surface area contributed by atoms with E-state index in [1.165, 1.54) is 4.57 Å². The third kappa shape index (κ3) is 4.03. The second kappa shape index (κ2) is 8.39. The molecule has 7 heteroatoms. The molecule has 0 bridgehead atoms. The number of benzene rings is 2. The van der Waals surface area contributed by atoms with Gasteiger partial charge in [-0.1, -0.05) is 6.07 Å². The van der Waals surface area contributed by atoms with E-state index in [2.05, 4.69) is 5.32 Å². The molecule has 0 unspecified atom stereocenters. The van der Waals surface area contributed by atoms with E-state index < -0.39 is 5.97 Å². The molecule has 1 aromatic heterocycles. The molecule has 3 rings (SSSR count). The van der Waals surface area contributed by atoms with Crippen LogP contribution in [0.4, 0.5) is 5.69 Å². The summed E-state index contributed by atoms with van der Waals surface area (Å²) in [6, 6.07) is 13.3. The molecule has 0 saturated heterocycles. The summed E-state index contributed by atoms with van der Waals surface area (Å²) in [7, 11) is 1.54. The van der Waals surface area contributed by atoms with Crippen LogP contribution in [0.5, 0.6) is 5.75 Å². The number of anilines is 1. The van der Waals surface area contributed by atoms with Crippen LogP contribution >= 0.6 is 0 Å². The summed E-state index contributed by atoms with van der Waals surface area (Å²) < 4.78 is 11.5. The molecule has 0 aliphatic heterocycles. The van der Waals surface area contributed by atoms with Gasteiger partial charge >= 0.3 is 5.97 Å². The number of methoxy groups -OCH3 is 1. The zero-order valence-electron chi connectivity index (χ0n) is 15.6. The van der Waals surface area contributed by atoms with Crippen molar-refractivity contribution in [2.24, 2.45) is 0 Å². The van der Waals surface area contributed by atoms with Crippen LogP contribution in [0.3, 0.4) is 0 Å². The van der Waals surface area contributed by atoms with Gasteiger partial charge in [-0.25, -0.2) is 4.79 Å². The zero-order chi connectivity index (χ0) is 20.1. The van der Waals surface area contributed by atoms with Crippen LogP contribution in [0.2, 0.25) is 0 Å². The number of carbonyl (C=O) groups is 2. The van der Waals surface area contributed by atoms with Crippen LogP contribution < -0.4 is 15.6 Å². The first-order chi connectivity index (χ1) is 13.5. The second-order valence-corrected chi connectivity index (χ2v) is 6.02. The van der Waals surface area contributed by atoms with Crippen LogP contribution in [0, 0.1) is 0 Å². The van der Waals surface area contributed by atoms with Crippen LogP contribution in [0.15, 0.2) is 59.5 Å². The van der Waals surface area contributed by atoms with Gasteiger partial charge in [0.2, 0.25) is 5.91 Å². The van der Waals surface area contributed by atoms with Gasteiger partial charge < -0.3 is 19.4 Å². The molecular weight excluding hydrogens is 360 g/mol. The van der Waals surface area contributed by atoms with E-state index in [-0.39, 0.29) is 18.0 Å². The van der Waals surface area contributed by atoms with E-state index in [1.54, 1.807) is 68.8 Å². The van der Waals surface area contributed by atoms with Crippen molar-refractivity contribution in [2.45, 2.75) is 13.5 Å². The van der Waals surface area contributed by atoms with E-state index in [9.17, 15) is 14.4 Å². The SMILES string of the molecule is CCOC(=O)c1ccc(NC(=O)Cn2ccc3c(OC)cccc3c2=O)cc1. The van der Waals surface area contributed by atoms with Gasteiger partial charge in [-0.15, -0.1) is 0 Å². The molecule has 2 aromatic carbocycles. The number of hydrogen-bond acceptors (Lipinski definition) is 5. The Balaban J connectivity index is 1.74. The molecule has 0 radical (unpaired) electrons. The van der Waals surface area contributed by atoms with Gasteiger partial charge in [0.15, 0.2) is 0 Å². The lowest BCUT2D eigenvalue weighted by molar-refractivity contribution is -0.116. The smallest absolute Gasteiger partial charge is 0.338 e. The highest BCUT2D eigenvalue weighted by Gasteiger charge is 2.11. The van der Waals surface area contributed by atoms with E-state index in [4.69, 9.17) is 9.47 Å². The van der Waals surface area contributed by atoms with Gasteiger partial charge in [0.1, 0.15) is 12.3 Å². The molecule has 28 heavy (non-hydrogen) atoms. The Labute approximate surface area is 161 Å². The first-order valence-corrected chi connectivity index (χ1v) is 8.76. The minimum atomic E-state index is -0.418. The van der Waals surface area contributed by atoms with E-state index in [0.717, 1.165) is 0 Å². The number of esters is 1. The normalized spacial score (nSPS) is 10.5. The maximum Gasteiger partial charge on any atom is 0.338 e. The number of hydrogen-bond donors (Lipinski definition) is 1. The van der Waals surface area contributed by atoms with Gasteiger partial charge in [0, 0.05) is 17.3 Å². The number of pyridine rings is 1. The second-order valence-electron chi connectivity index (χ2n) is 6.02. The van der Waals surface area contributed by atoms with Crippen molar-refractivity contribution in [1.29, 1.82) is 0 Å². The topological polar surface area (TPSA) is 86.6 Å². The van der Waals surface area contributed by atoms with Crippen LogP contribution in [-0.2, 0) is 16.1 Å². The summed E-state index contributed by atoms with van der Waals surface area (Å²) in [5, 5.41) is 3.89. The number of amides is 1. The standard InChI is InChI=1S/C21H20N2O5/c1-3-28-21(26)14-7-9-15(10-8-14)22-19(24)13-23-12-11-16-17(20(23)25)5-4-6-18(16)27-2/h4-12H,3,13H2,1-2H3,(H,22,24). The molecule has 3 aromatic rings. The fourth-order valence-electron chi connectivity index (χ4n) is 2.85. The Morgan fingerprint density at radius 1 is 1.04 bits per heavy atom. The lowest BCUT2D eigenvalue weighted by Gasteiger charge is -2.10. The van der Waals surface area contributed by atoms with Crippen molar-refractivity contribution in [3.05, 3.63) is 70.6 Å². The number of fused-ring (bicyclic) bond motifs is 1. The summed E-state index contributed by atoms with van der Waals surface area (Å²) in [6.07, 6.45) is 1.57. The Morgan fingerprint density at radius 3 is 2.46 bits per heavy atom. The molecule has 0 aliphatic carbocycles. The van der Waals surface area contributed by atoms with Gasteiger partial charge in [-0.3, -0.25) is 9.59 Å². The quantitative estimate of drug-likeness (QED) is 0.665. The van der Waals surface area contributed by atoms with E-state index in [0.29, 0.717) is 34.4 Å². The van der Waals surface area contributed by atoms with Crippen molar-refractivity contribution in [2.75, 3.05) is 19.0 Å². The average molecular weight is 380 g/mol. The monoisotopic (exact) mass is 380 g/mol. The van der Waals surface area contributed by atoms with Crippen molar-refractivity contribution in [1.82, 2.24) is 4.57 Å². The molecule has 0 fully saturated rings. The van der Waals surface area contributed by atoms with Crippen molar-refractivity contribution < 1.29 is 19.1 Å². The average Bonchev–Trinajstić information content (AvgIpc) is 2.70. The van der Waals surface area contributed by atoms with Crippen molar-refractivity contribution >= 4 is 28.3 Å². The molecule has 1 heterocycles. The molecular formula is C21H20N2O5. The fraction of sp³-hybridized carbons (Fsp3) is 0.190. The Bertz CT molecular complexity index is 1070. The number of carbonyl (C=O) groups excluding carboxylic acids is 2. The number of nitrogens with zero attached hydrogens (tertiary/aromatic N) is 1. The lowest BCUT2D eigenvalue weighted by atomic mass is 10.1. The largest absolute Gasteiger partial charge is 0.496 e. The predicted octanol–water partition coefficient (Wildman–Crippen LogP) is 2.83. The molecule has 0 aliphatic rings. The highest BCUT2D eigenvalue weighted by Crippen LogP contribution is 2.22. The number of aromatic nitrogens is 1. The third-order valence-electron chi connectivity index (χ3n) is 4.19. The first-order valence-electron chi connectivity index (χ1n) is 8.76. The van der Waals surface area contributed by atoms with Gasteiger partial charge in [0.25, 0.3) is 5.56 Å². The van der Waals surface area contributed by atoms with Crippen LogP contribution in [0.1, 0.15) is 17.3 Å². The van der Waals surface area contributed by atoms with Gasteiger partial charge in [-0.05, 0) is 49.4 Å². The Morgan fingerprint density at radius 2 is 1.79 bits per heavy atom. The number of nitrogens with one attached hydrogen (secondary N) is 1. The van der Waals surface area contributed by atoms with Gasteiger partial charge in [-0.2, -0.15) is 0 Å². The molecule has 0 spiro atoms. The Kier molecular flexibility index (Phi) is 5.74. The summed E-state index contributed by atoms with van der Waals surface area (Å²) in [6.45, 7) is 1.90. The number of ether oxygens (including phenoxy) is 2. The maximum atomic E-state index is 12.6. The molecule has 0 saturated carbocycles.